The predicted molar refractivity (Wildman–Crippen MR) is 104 cm³/mol. The van der Waals surface area contributed by atoms with Crippen molar-refractivity contribution in [1.82, 2.24) is 24.9 Å². The first-order chi connectivity index (χ1) is 13.3. The molecule has 0 spiro atoms. The van der Waals surface area contributed by atoms with Gasteiger partial charge in [-0.15, -0.1) is 0 Å². The lowest BCUT2D eigenvalue weighted by Crippen LogP contribution is -2.09. The van der Waals surface area contributed by atoms with Gasteiger partial charge in [-0.1, -0.05) is 18.2 Å². The van der Waals surface area contributed by atoms with E-state index in [0.717, 1.165) is 24.2 Å². The molecule has 0 unspecified atom stereocenters. The number of rotatable bonds is 7. The Bertz CT molecular complexity index is 1020. The van der Waals surface area contributed by atoms with E-state index in [0.29, 0.717) is 23.2 Å². The number of nitrogens with zero attached hydrogens (tertiary/aromatic N) is 4. The average molecular weight is 361 g/mol. The van der Waals surface area contributed by atoms with Crippen molar-refractivity contribution in [3.8, 4) is 5.75 Å². The Morgan fingerprint density at radius 3 is 2.70 bits per heavy atom. The molecule has 0 aliphatic carbocycles. The van der Waals surface area contributed by atoms with Crippen LogP contribution in [-0.4, -0.2) is 38.6 Å². The number of aromatic nitrogens is 5. The zero-order valence-electron chi connectivity index (χ0n) is 14.8. The van der Waals surface area contributed by atoms with Gasteiger partial charge in [0, 0.05) is 12.7 Å². The summed E-state index contributed by atoms with van der Waals surface area (Å²) in [5.41, 5.74) is 2.58. The van der Waals surface area contributed by atoms with Gasteiger partial charge in [0.25, 0.3) is 0 Å². The molecule has 4 aromatic rings. The van der Waals surface area contributed by atoms with Crippen LogP contribution in [0.25, 0.3) is 11.2 Å². The second-order valence-corrected chi connectivity index (χ2v) is 5.86. The van der Waals surface area contributed by atoms with E-state index in [-0.39, 0.29) is 0 Å². The predicted octanol–water partition coefficient (Wildman–Crippen LogP) is 3.15. The highest BCUT2D eigenvalue weighted by atomic mass is 16.5. The van der Waals surface area contributed by atoms with Gasteiger partial charge in [-0.25, -0.2) is 9.97 Å². The van der Waals surface area contributed by atoms with Crippen LogP contribution >= 0.6 is 0 Å². The molecule has 3 heterocycles. The highest BCUT2D eigenvalue weighted by molar-refractivity contribution is 5.84. The summed E-state index contributed by atoms with van der Waals surface area (Å²) in [5.74, 6) is 2.67. The summed E-state index contributed by atoms with van der Waals surface area (Å²) in [7, 11) is 1.66. The topological polar surface area (TPSA) is 101 Å². The van der Waals surface area contributed by atoms with Crippen LogP contribution in [0.15, 0.2) is 55.0 Å². The maximum atomic E-state index is 5.19. The molecule has 136 valence electrons. The van der Waals surface area contributed by atoms with Gasteiger partial charge in [0.15, 0.2) is 11.5 Å². The molecule has 4 rings (SSSR count). The maximum Gasteiger partial charge on any atom is 0.232 e. The van der Waals surface area contributed by atoms with Crippen LogP contribution in [0.1, 0.15) is 5.56 Å². The lowest BCUT2D eigenvalue weighted by atomic mass is 10.1. The second-order valence-electron chi connectivity index (χ2n) is 5.86. The Labute approximate surface area is 156 Å². The molecule has 0 saturated carbocycles. The van der Waals surface area contributed by atoms with Crippen LogP contribution < -0.4 is 15.4 Å². The molecule has 0 radical (unpaired) electrons. The fourth-order valence-electron chi connectivity index (χ4n) is 2.69. The lowest BCUT2D eigenvalue weighted by Gasteiger charge is -2.09. The van der Waals surface area contributed by atoms with Crippen LogP contribution in [0.4, 0.5) is 17.6 Å². The Hall–Kier alpha value is -3.68. The largest absolute Gasteiger partial charge is 0.497 e. The highest BCUT2D eigenvalue weighted by Crippen LogP contribution is 2.20. The van der Waals surface area contributed by atoms with Gasteiger partial charge in [0.2, 0.25) is 5.95 Å². The minimum absolute atomic E-state index is 0.445. The molecule has 0 saturated heterocycles. The molecule has 0 atom stereocenters. The monoisotopic (exact) mass is 361 g/mol. The Balaban J connectivity index is 1.49. The van der Waals surface area contributed by atoms with Crippen molar-refractivity contribution in [1.29, 1.82) is 0 Å². The smallest absolute Gasteiger partial charge is 0.232 e. The number of anilines is 3. The summed E-state index contributed by atoms with van der Waals surface area (Å²) in [5, 5.41) is 6.47. The molecule has 3 N–H and O–H groups in total. The van der Waals surface area contributed by atoms with E-state index in [9.17, 15) is 0 Å². The Morgan fingerprint density at radius 1 is 1.04 bits per heavy atom. The van der Waals surface area contributed by atoms with Crippen molar-refractivity contribution in [3.05, 3.63) is 60.6 Å². The summed E-state index contributed by atoms with van der Waals surface area (Å²) in [4.78, 5) is 20.5. The third-order valence-corrected chi connectivity index (χ3v) is 4.06. The van der Waals surface area contributed by atoms with Crippen LogP contribution in [0, 0.1) is 0 Å². The molecule has 8 nitrogen and oxygen atoms in total. The fourth-order valence-corrected chi connectivity index (χ4v) is 2.69. The van der Waals surface area contributed by atoms with Gasteiger partial charge in [0.05, 0.1) is 13.4 Å². The number of H-pyrrole nitrogens is 1. The van der Waals surface area contributed by atoms with Gasteiger partial charge < -0.3 is 20.4 Å². The van der Waals surface area contributed by atoms with E-state index in [1.54, 1.807) is 19.6 Å². The first kappa shape index (κ1) is 16.8. The van der Waals surface area contributed by atoms with Gasteiger partial charge >= 0.3 is 0 Å². The van der Waals surface area contributed by atoms with E-state index < -0.39 is 0 Å². The van der Waals surface area contributed by atoms with E-state index in [4.69, 9.17) is 4.74 Å². The quantitative estimate of drug-likeness (QED) is 0.465. The van der Waals surface area contributed by atoms with Gasteiger partial charge in [-0.2, -0.15) is 9.97 Å². The number of hydrogen-bond donors (Lipinski definition) is 3. The Morgan fingerprint density at radius 2 is 1.93 bits per heavy atom. The van der Waals surface area contributed by atoms with Crippen LogP contribution in [0.5, 0.6) is 5.75 Å². The Kier molecular flexibility index (Phi) is 4.78. The maximum absolute atomic E-state index is 5.19. The van der Waals surface area contributed by atoms with Crippen molar-refractivity contribution in [2.45, 2.75) is 6.42 Å². The van der Waals surface area contributed by atoms with Crippen molar-refractivity contribution in [2.75, 3.05) is 24.3 Å². The van der Waals surface area contributed by atoms with Gasteiger partial charge in [-0.05, 0) is 36.2 Å². The van der Waals surface area contributed by atoms with Crippen molar-refractivity contribution >= 4 is 28.7 Å². The second kappa shape index (κ2) is 7.69. The molecule has 1 aromatic carbocycles. The molecule has 8 heteroatoms. The third-order valence-electron chi connectivity index (χ3n) is 4.06. The number of imidazole rings is 1. The molecular weight excluding hydrogens is 342 g/mol. The van der Waals surface area contributed by atoms with Crippen molar-refractivity contribution in [3.63, 3.8) is 0 Å². The average Bonchev–Trinajstić information content (AvgIpc) is 3.18. The van der Waals surface area contributed by atoms with Crippen LogP contribution in [0.3, 0.4) is 0 Å². The molecule has 0 bridgehead atoms. The SMILES string of the molecule is COc1ccc(CCNc2nc(Nc3ccccn3)nc3nc[nH]c23)cc1. The van der Waals surface area contributed by atoms with Crippen molar-refractivity contribution in [2.24, 2.45) is 0 Å². The summed E-state index contributed by atoms with van der Waals surface area (Å²) in [6.07, 6.45) is 4.18. The third kappa shape index (κ3) is 3.95. The van der Waals surface area contributed by atoms with E-state index >= 15 is 0 Å². The number of methoxy groups -OCH3 is 1. The molecule has 3 aromatic heterocycles. The summed E-state index contributed by atoms with van der Waals surface area (Å²) >= 11 is 0. The molecule has 0 fully saturated rings. The summed E-state index contributed by atoms with van der Waals surface area (Å²) < 4.78 is 5.19. The molecule has 0 aliphatic rings. The summed E-state index contributed by atoms with van der Waals surface area (Å²) in [6, 6.07) is 13.6. The van der Waals surface area contributed by atoms with Crippen LogP contribution in [-0.2, 0) is 6.42 Å². The molecule has 0 amide bonds. The molecular formula is C19H19N7O. The number of aromatic amines is 1. The van der Waals surface area contributed by atoms with Crippen molar-refractivity contribution < 1.29 is 4.74 Å². The number of ether oxygens (including phenoxy) is 1. The number of benzene rings is 1. The zero-order chi connectivity index (χ0) is 18.5. The fraction of sp³-hybridized carbons (Fsp3) is 0.158. The molecule has 27 heavy (non-hydrogen) atoms. The number of pyridine rings is 1. The minimum Gasteiger partial charge on any atom is -0.497 e. The van der Waals surface area contributed by atoms with Crippen LogP contribution in [0.2, 0.25) is 0 Å². The molecule has 0 aliphatic heterocycles. The standard InChI is InChI=1S/C19H19N7O/c1-27-14-7-5-13(6-8-14)9-11-21-17-16-18(23-12-22-16)26-19(25-17)24-15-4-2-3-10-20-15/h2-8,10,12H,9,11H2,1H3,(H3,20,21,22,23,24,25,26). The highest BCUT2D eigenvalue weighted by Gasteiger charge is 2.10. The zero-order valence-corrected chi connectivity index (χ0v) is 14.8. The number of hydrogen-bond acceptors (Lipinski definition) is 7. The van der Waals surface area contributed by atoms with E-state index in [1.807, 2.05) is 30.3 Å². The first-order valence-electron chi connectivity index (χ1n) is 8.58. The first-order valence-corrected chi connectivity index (χ1v) is 8.58. The lowest BCUT2D eigenvalue weighted by molar-refractivity contribution is 0.414. The number of nitrogens with one attached hydrogen (secondary N) is 3. The van der Waals surface area contributed by atoms with E-state index in [1.165, 1.54) is 5.56 Å². The van der Waals surface area contributed by atoms with Gasteiger partial charge in [0.1, 0.15) is 17.1 Å². The number of fused-ring (bicyclic) bond motifs is 1. The minimum atomic E-state index is 0.445. The summed E-state index contributed by atoms with van der Waals surface area (Å²) in [6.45, 7) is 0.723. The van der Waals surface area contributed by atoms with Gasteiger partial charge in [-0.3, -0.25) is 0 Å². The normalized spacial score (nSPS) is 10.7. The van der Waals surface area contributed by atoms with E-state index in [2.05, 4.69) is 47.7 Å².